The zero-order valence-electron chi connectivity index (χ0n) is 14.4. The van der Waals surface area contributed by atoms with Gasteiger partial charge in [0.15, 0.2) is 11.0 Å². The molecule has 0 bridgehead atoms. The van der Waals surface area contributed by atoms with Crippen LogP contribution in [0.5, 0.6) is 5.75 Å². The van der Waals surface area contributed by atoms with Crippen LogP contribution in [0.25, 0.3) is 0 Å². The smallest absolute Gasteiger partial charge is 0.240 e. The lowest BCUT2D eigenvalue weighted by Crippen LogP contribution is -2.26. The predicted molar refractivity (Wildman–Crippen MR) is 111 cm³/mol. The van der Waals surface area contributed by atoms with E-state index in [-0.39, 0.29) is 18.1 Å². The Bertz CT molecular complexity index is 895. The number of ketones is 1. The Balaban J connectivity index is 1.59. The summed E-state index contributed by atoms with van der Waals surface area (Å²) in [6, 6.07) is 14.4. The van der Waals surface area contributed by atoms with Crippen molar-refractivity contribution in [1.82, 2.24) is 5.32 Å². The first kappa shape index (κ1) is 19.3. The number of benzene rings is 2. The van der Waals surface area contributed by atoms with Crippen LogP contribution in [-0.4, -0.2) is 35.4 Å². The number of amidine groups is 1. The van der Waals surface area contributed by atoms with Crippen molar-refractivity contribution in [2.24, 2.45) is 10.2 Å². The van der Waals surface area contributed by atoms with Crippen molar-refractivity contribution < 1.29 is 14.3 Å². The van der Waals surface area contributed by atoms with E-state index in [1.807, 2.05) is 24.3 Å². The number of halogens is 1. The molecule has 6 nitrogen and oxygen atoms in total. The van der Waals surface area contributed by atoms with Crippen molar-refractivity contribution in [3.63, 3.8) is 0 Å². The largest absolute Gasteiger partial charge is 0.497 e. The molecule has 3 rings (SSSR count). The second-order valence-corrected chi connectivity index (χ2v) is 7.76. The van der Waals surface area contributed by atoms with Crippen molar-refractivity contribution in [2.45, 2.75) is 11.7 Å². The molecule has 2 aromatic carbocycles. The van der Waals surface area contributed by atoms with Crippen LogP contribution in [0.3, 0.4) is 0 Å². The van der Waals surface area contributed by atoms with Gasteiger partial charge in [-0.05, 0) is 42.0 Å². The number of nitrogens with one attached hydrogen (secondary N) is 1. The SMILES string of the molecule is COc1ccc(/C=N\N=C2/NC(=O)[C@@H](CC(=O)c3ccc(Br)cc3)S2)cc1. The quantitative estimate of drug-likeness (QED) is 0.417. The fourth-order valence-corrected chi connectivity index (χ4v) is 3.53. The molecule has 0 aliphatic carbocycles. The molecule has 1 fully saturated rings. The summed E-state index contributed by atoms with van der Waals surface area (Å²) < 4.78 is 5.99. The highest BCUT2D eigenvalue weighted by molar-refractivity contribution is 9.10. The second-order valence-electron chi connectivity index (χ2n) is 5.65. The van der Waals surface area contributed by atoms with Crippen molar-refractivity contribution >= 4 is 50.8 Å². The first-order valence-electron chi connectivity index (χ1n) is 8.06. The number of hydrogen-bond acceptors (Lipinski definition) is 6. The standard InChI is InChI=1S/C19H16BrN3O3S/c1-26-15-8-2-12(3-9-15)11-21-23-19-22-18(25)17(27-19)10-16(24)13-4-6-14(20)7-5-13/h2-9,11,17H,10H2,1H3,(H,22,23,25)/b21-11-/t17-/m1/s1. The van der Waals surface area contributed by atoms with Gasteiger partial charge in [-0.3, -0.25) is 9.59 Å². The van der Waals surface area contributed by atoms with Crippen molar-refractivity contribution in [3.05, 3.63) is 64.1 Å². The van der Waals surface area contributed by atoms with Gasteiger partial charge in [-0.25, -0.2) is 0 Å². The fourth-order valence-electron chi connectivity index (χ4n) is 2.35. The first-order valence-corrected chi connectivity index (χ1v) is 9.74. The van der Waals surface area contributed by atoms with Gasteiger partial charge in [0.2, 0.25) is 5.91 Å². The molecule has 1 N–H and O–H groups in total. The van der Waals surface area contributed by atoms with Gasteiger partial charge in [0, 0.05) is 16.5 Å². The second kappa shape index (κ2) is 8.96. The number of amides is 1. The van der Waals surface area contributed by atoms with Crippen LogP contribution in [0.1, 0.15) is 22.3 Å². The first-order chi connectivity index (χ1) is 13.0. The number of rotatable bonds is 6. The number of ether oxygens (including phenoxy) is 1. The van der Waals surface area contributed by atoms with Crippen molar-refractivity contribution in [1.29, 1.82) is 0 Å². The lowest BCUT2D eigenvalue weighted by molar-refractivity contribution is -0.118. The number of carbonyl (C=O) groups excluding carboxylic acids is 2. The molecule has 0 saturated carbocycles. The molecule has 1 atom stereocenters. The van der Waals surface area contributed by atoms with E-state index < -0.39 is 5.25 Å². The minimum Gasteiger partial charge on any atom is -0.497 e. The van der Waals surface area contributed by atoms with Crippen molar-refractivity contribution in [2.75, 3.05) is 7.11 Å². The summed E-state index contributed by atoms with van der Waals surface area (Å²) in [5.41, 5.74) is 1.44. The van der Waals surface area contributed by atoms with Gasteiger partial charge in [-0.2, -0.15) is 5.10 Å². The maximum absolute atomic E-state index is 12.3. The molecule has 1 amide bonds. The van der Waals surface area contributed by atoms with E-state index in [2.05, 4.69) is 31.4 Å². The molecule has 27 heavy (non-hydrogen) atoms. The summed E-state index contributed by atoms with van der Waals surface area (Å²) in [6.45, 7) is 0. The number of nitrogens with zero attached hydrogens (tertiary/aromatic N) is 2. The van der Waals surface area contributed by atoms with Gasteiger partial charge < -0.3 is 10.1 Å². The van der Waals surface area contributed by atoms with Gasteiger partial charge >= 0.3 is 0 Å². The van der Waals surface area contributed by atoms with Crippen LogP contribution in [-0.2, 0) is 4.79 Å². The Morgan fingerprint density at radius 2 is 1.93 bits per heavy atom. The summed E-state index contributed by atoms with van der Waals surface area (Å²) in [7, 11) is 1.60. The molecule has 0 aromatic heterocycles. The van der Waals surface area contributed by atoms with Crippen molar-refractivity contribution in [3.8, 4) is 5.75 Å². The number of carbonyl (C=O) groups is 2. The molecule has 1 aliphatic heterocycles. The minimum atomic E-state index is -0.504. The van der Waals surface area contributed by atoms with Crippen LogP contribution in [0.4, 0.5) is 0 Å². The van der Waals surface area contributed by atoms with Crippen LogP contribution < -0.4 is 10.1 Å². The average molecular weight is 446 g/mol. The van der Waals surface area contributed by atoms with E-state index in [1.54, 1.807) is 37.6 Å². The van der Waals surface area contributed by atoms with Crippen LogP contribution in [0.15, 0.2) is 63.2 Å². The fraction of sp³-hybridized carbons (Fsp3) is 0.158. The Morgan fingerprint density at radius 3 is 2.59 bits per heavy atom. The third-order valence-corrected chi connectivity index (χ3v) is 5.39. The summed E-state index contributed by atoms with van der Waals surface area (Å²) in [5, 5.41) is 10.6. The van der Waals surface area contributed by atoms with Crippen LogP contribution in [0.2, 0.25) is 0 Å². The predicted octanol–water partition coefficient (Wildman–Crippen LogP) is 3.65. The molecule has 2 aromatic rings. The van der Waals surface area contributed by atoms with E-state index in [9.17, 15) is 9.59 Å². The maximum Gasteiger partial charge on any atom is 0.240 e. The highest BCUT2D eigenvalue weighted by atomic mass is 79.9. The normalized spacial score (nSPS) is 18.1. The number of hydrogen-bond donors (Lipinski definition) is 1. The number of thioether (sulfide) groups is 1. The highest BCUT2D eigenvalue weighted by Gasteiger charge is 2.32. The Kier molecular flexibility index (Phi) is 6.41. The molecular weight excluding hydrogens is 430 g/mol. The van der Waals surface area contributed by atoms with Gasteiger partial charge in [-0.15, -0.1) is 5.10 Å². The van der Waals surface area contributed by atoms with Gasteiger partial charge in [0.1, 0.15) is 5.75 Å². The Hall–Kier alpha value is -2.45. The third kappa shape index (κ3) is 5.27. The third-order valence-electron chi connectivity index (χ3n) is 3.78. The molecule has 1 saturated heterocycles. The van der Waals surface area contributed by atoms with E-state index in [0.717, 1.165) is 15.8 Å². The van der Waals surface area contributed by atoms with Crippen LogP contribution in [0, 0.1) is 0 Å². The van der Waals surface area contributed by atoms with E-state index in [1.165, 1.54) is 11.8 Å². The van der Waals surface area contributed by atoms with Gasteiger partial charge in [-0.1, -0.05) is 39.8 Å². The van der Waals surface area contributed by atoms with E-state index >= 15 is 0 Å². The molecule has 138 valence electrons. The summed E-state index contributed by atoms with van der Waals surface area (Å²) >= 11 is 4.54. The molecule has 1 aliphatic rings. The number of Topliss-reactive ketones (excluding diaryl/α,β-unsaturated/α-hetero) is 1. The van der Waals surface area contributed by atoms with Crippen LogP contribution >= 0.6 is 27.7 Å². The molecule has 0 spiro atoms. The number of methoxy groups -OCH3 is 1. The molecular formula is C19H16BrN3O3S. The summed E-state index contributed by atoms with van der Waals surface area (Å²) in [4.78, 5) is 24.4. The zero-order chi connectivity index (χ0) is 19.2. The lowest BCUT2D eigenvalue weighted by Gasteiger charge is -2.04. The van der Waals surface area contributed by atoms with Gasteiger partial charge in [0.25, 0.3) is 0 Å². The summed E-state index contributed by atoms with van der Waals surface area (Å²) in [6.07, 6.45) is 1.69. The zero-order valence-corrected chi connectivity index (χ0v) is 16.8. The molecule has 1 heterocycles. The average Bonchev–Trinajstić information content (AvgIpc) is 3.02. The van der Waals surface area contributed by atoms with E-state index in [4.69, 9.17) is 4.74 Å². The summed E-state index contributed by atoms with van der Waals surface area (Å²) in [5.74, 6) is 0.442. The highest BCUT2D eigenvalue weighted by Crippen LogP contribution is 2.24. The monoisotopic (exact) mass is 445 g/mol. The van der Waals surface area contributed by atoms with E-state index in [0.29, 0.717) is 10.7 Å². The Morgan fingerprint density at radius 1 is 1.22 bits per heavy atom. The van der Waals surface area contributed by atoms with Gasteiger partial charge in [0.05, 0.1) is 18.6 Å². The molecule has 8 heteroatoms. The minimum absolute atomic E-state index is 0.0851. The molecule has 0 radical (unpaired) electrons. The Labute approximate surface area is 169 Å². The lowest BCUT2D eigenvalue weighted by atomic mass is 10.1. The topological polar surface area (TPSA) is 80.1 Å². The maximum atomic E-state index is 12.3. The molecule has 0 unspecified atom stereocenters.